The first-order valence-electron chi connectivity index (χ1n) is 4.94. The van der Waals surface area contributed by atoms with Gasteiger partial charge in [0.15, 0.2) is 0 Å². The Labute approximate surface area is 87.6 Å². The lowest BCUT2D eigenvalue weighted by atomic mass is 10.0. The van der Waals surface area contributed by atoms with Crippen LogP contribution in [0.1, 0.15) is 5.69 Å². The molecule has 3 rings (SSSR count). The summed E-state index contributed by atoms with van der Waals surface area (Å²) in [5.74, 6) is 0. The zero-order chi connectivity index (χ0) is 10.3. The first kappa shape index (κ1) is 8.36. The van der Waals surface area contributed by atoms with Gasteiger partial charge in [-0.25, -0.2) is 0 Å². The third-order valence-electron chi connectivity index (χ3n) is 2.76. The summed E-state index contributed by atoms with van der Waals surface area (Å²) in [4.78, 5) is 8.42. The van der Waals surface area contributed by atoms with Crippen LogP contribution >= 0.6 is 0 Å². The van der Waals surface area contributed by atoms with Crippen molar-refractivity contribution >= 4 is 21.5 Å². The van der Waals surface area contributed by atoms with Crippen molar-refractivity contribution in [2.24, 2.45) is 0 Å². The van der Waals surface area contributed by atoms with Crippen LogP contribution in [0.3, 0.4) is 0 Å². The lowest BCUT2D eigenvalue weighted by Gasteiger charge is -2.04. The van der Waals surface area contributed by atoms with Crippen LogP contribution < -0.4 is 0 Å². The molecule has 2 heteroatoms. The van der Waals surface area contributed by atoms with E-state index in [1.165, 1.54) is 21.5 Å². The predicted octanol–water partition coefficient (Wildman–Crippen LogP) is 3.09. The number of nitrogens with zero attached hydrogens (tertiary/aromatic N) is 2. The fraction of sp³-hybridized carbons (Fsp3) is 0.0769. The molecule has 1 aromatic carbocycles. The summed E-state index contributed by atoms with van der Waals surface area (Å²) in [6, 6.07) is 8.32. The number of aromatic nitrogens is 2. The summed E-state index contributed by atoms with van der Waals surface area (Å²) in [7, 11) is 0. The van der Waals surface area contributed by atoms with Crippen molar-refractivity contribution in [3.63, 3.8) is 0 Å². The molecular formula is C13H10N2. The second-order valence-corrected chi connectivity index (χ2v) is 3.65. The Hall–Kier alpha value is -1.96. The number of fused-ring (bicyclic) bond motifs is 3. The monoisotopic (exact) mass is 194 g/mol. The van der Waals surface area contributed by atoms with E-state index in [0.717, 1.165) is 5.69 Å². The van der Waals surface area contributed by atoms with Gasteiger partial charge in [-0.3, -0.25) is 9.97 Å². The van der Waals surface area contributed by atoms with E-state index in [9.17, 15) is 0 Å². The molecule has 0 spiro atoms. The smallest absolute Gasteiger partial charge is 0.0451 e. The fourth-order valence-electron chi connectivity index (χ4n) is 1.98. The number of aryl methyl sites for hydroxylation is 1. The molecule has 2 nitrogen and oxygen atoms in total. The molecule has 2 heterocycles. The molecule has 0 aliphatic carbocycles. The van der Waals surface area contributed by atoms with Crippen LogP contribution in [0.15, 0.2) is 42.9 Å². The first-order chi connectivity index (χ1) is 7.36. The van der Waals surface area contributed by atoms with Gasteiger partial charge in [-0.05, 0) is 29.8 Å². The summed E-state index contributed by atoms with van der Waals surface area (Å²) in [5, 5.41) is 4.89. The van der Waals surface area contributed by atoms with Gasteiger partial charge in [0, 0.05) is 35.1 Å². The molecule has 2 aromatic heterocycles. The van der Waals surface area contributed by atoms with E-state index < -0.39 is 0 Å². The van der Waals surface area contributed by atoms with Crippen molar-refractivity contribution in [2.45, 2.75) is 6.92 Å². The van der Waals surface area contributed by atoms with Crippen LogP contribution in [0.2, 0.25) is 0 Å². The van der Waals surface area contributed by atoms with E-state index in [0.29, 0.717) is 0 Å². The molecule has 15 heavy (non-hydrogen) atoms. The number of pyridine rings is 2. The van der Waals surface area contributed by atoms with Crippen molar-refractivity contribution in [3.05, 3.63) is 48.5 Å². The molecule has 0 N–H and O–H groups in total. The Morgan fingerprint density at radius 3 is 2.67 bits per heavy atom. The summed E-state index contributed by atoms with van der Waals surface area (Å²) in [5.41, 5.74) is 1.08. The third kappa shape index (κ3) is 1.18. The Morgan fingerprint density at radius 2 is 1.73 bits per heavy atom. The maximum Gasteiger partial charge on any atom is 0.0451 e. The lowest BCUT2D eigenvalue weighted by Crippen LogP contribution is -1.84. The van der Waals surface area contributed by atoms with Crippen LogP contribution in [0.4, 0.5) is 0 Å². The second-order valence-electron chi connectivity index (χ2n) is 3.65. The van der Waals surface area contributed by atoms with Gasteiger partial charge in [0.05, 0.1) is 0 Å². The quantitative estimate of drug-likeness (QED) is 0.514. The molecule has 0 atom stereocenters. The minimum atomic E-state index is 1.08. The third-order valence-corrected chi connectivity index (χ3v) is 2.76. The van der Waals surface area contributed by atoms with Crippen LogP contribution in [0.5, 0.6) is 0 Å². The highest BCUT2D eigenvalue weighted by Gasteiger charge is 2.01. The van der Waals surface area contributed by atoms with Crippen LogP contribution in [0.25, 0.3) is 21.5 Å². The van der Waals surface area contributed by atoms with Crippen molar-refractivity contribution in [2.75, 3.05) is 0 Å². The van der Waals surface area contributed by atoms with Gasteiger partial charge >= 0.3 is 0 Å². The molecular weight excluding hydrogens is 184 g/mol. The van der Waals surface area contributed by atoms with Crippen LogP contribution in [0, 0.1) is 6.92 Å². The molecule has 0 aliphatic rings. The van der Waals surface area contributed by atoms with Gasteiger partial charge in [0.1, 0.15) is 0 Å². The first-order valence-corrected chi connectivity index (χ1v) is 4.94. The van der Waals surface area contributed by atoms with Gasteiger partial charge in [0.25, 0.3) is 0 Å². The van der Waals surface area contributed by atoms with Crippen LogP contribution in [-0.2, 0) is 0 Å². The molecule has 0 radical (unpaired) electrons. The summed E-state index contributed by atoms with van der Waals surface area (Å²) in [6.07, 6.45) is 5.58. The standard InChI is InChI=1S/C13H10N2/c1-9-11-3-2-10-8-14-6-4-12(10)13(11)5-7-15-9/h2-8H,1H3. The maximum atomic E-state index is 4.30. The number of hydrogen-bond acceptors (Lipinski definition) is 2. The molecule has 0 saturated heterocycles. The van der Waals surface area contributed by atoms with Crippen molar-refractivity contribution < 1.29 is 0 Å². The molecule has 72 valence electrons. The Morgan fingerprint density at radius 1 is 0.867 bits per heavy atom. The van der Waals surface area contributed by atoms with Crippen molar-refractivity contribution in [1.82, 2.24) is 9.97 Å². The van der Waals surface area contributed by atoms with Gasteiger partial charge in [0.2, 0.25) is 0 Å². The van der Waals surface area contributed by atoms with Gasteiger partial charge < -0.3 is 0 Å². The minimum absolute atomic E-state index is 1.08. The lowest BCUT2D eigenvalue weighted by molar-refractivity contribution is 1.24. The molecule has 0 amide bonds. The number of hydrogen-bond donors (Lipinski definition) is 0. The van der Waals surface area contributed by atoms with Gasteiger partial charge in [-0.1, -0.05) is 12.1 Å². The van der Waals surface area contributed by atoms with E-state index >= 15 is 0 Å². The molecule has 0 fully saturated rings. The normalized spacial score (nSPS) is 11.0. The Balaban J connectivity index is 2.60. The largest absolute Gasteiger partial charge is 0.264 e. The maximum absolute atomic E-state index is 4.30. The second kappa shape index (κ2) is 3.02. The summed E-state index contributed by atoms with van der Waals surface area (Å²) < 4.78 is 0. The molecule has 0 aliphatic heterocycles. The number of rotatable bonds is 0. The zero-order valence-electron chi connectivity index (χ0n) is 8.44. The van der Waals surface area contributed by atoms with E-state index in [-0.39, 0.29) is 0 Å². The average Bonchev–Trinajstić information content (AvgIpc) is 2.29. The highest BCUT2D eigenvalue weighted by molar-refractivity contribution is 6.07. The number of benzene rings is 1. The van der Waals surface area contributed by atoms with E-state index in [1.54, 1.807) is 0 Å². The van der Waals surface area contributed by atoms with E-state index in [4.69, 9.17) is 0 Å². The summed E-state index contributed by atoms with van der Waals surface area (Å²) >= 11 is 0. The van der Waals surface area contributed by atoms with Crippen molar-refractivity contribution in [1.29, 1.82) is 0 Å². The van der Waals surface area contributed by atoms with Gasteiger partial charge in [-0.15, -0.1) is 0 Å². The highest BCUT2D eigenvalue weighted by Crippen LogP contribution is 2.25. The fourth-order valence-corrected chi connectivity index (χ4v) is 1.98. The Bertz CT molecular complexity index is 644. The average molecular weight is 194 g/mol. The SMILES string of the molecule is Cc1nccc2c1ccc1cnccc12. The topological polar surface area (TPSA) is 25.8 Å². The zero-order valence-corrected chi connectivity index (χ0v) is 8.44. The van der Waals surface area contributed by atoms with Gasteiger partial charge in [-0.2, -0.15) is 0 Å². The van der Waals surface area contributed by atoms with E-state index in [2.05, 4.69) is 34.2 Å². The molecule has 0 saturated carbocycles. The van der Waals surface area contributed by atoms with E-state index in [1.807, 2.05) is 25.5 Å². The molecule has 0 unspecified atom stereocenters. The highest BCUT2D eigenvalue weighted by atomic mass is 14.7. The van der Waals surface area contributed by atoms with Crippen LogP contribution in [-0.4, -0.2) is 9.97 Å². The minimum Gasteiger partial charge on any atom is -0.264 e. The Kier molecular flexibility index (Phi) is 1.68. The van der Waals surface area contributed by atoms with Crippen molar-refractivity contribution in [3.8, 4) is 0 Å². The predicted molar refractivity (Wildman–Crippen MR) is 61.8 cm³/mol. The summed E-state index contributed by atoms with van der Waals surface area (Å²) in [6.45, 7) is 2.04. The molecule has 0 bridgehead atoms. The molecule has 3 aromatic rings.